The van der Waals surface area contributed by atoms with Crippen LogP contribution < -0.4 is 10.1 Å². The normalized spacial score (nSPS) is 21.2. The summed E-state index contributed by atoms with van der Waals surface area (Å²) >= 11 is 12.4. The van der Waals surface area contributed by atoms with Gasteiger partial charge in [0, 0.05) is 16.6 Å². The van der Waals surface area contributed by atoms with E-state index < -0.39 is 41.6 Å². The van der Waals surface area contributed by atoms with Gasteiger partial charge in [-0.2, -0.15) is 13.2 Å². The van der Waals surface area contributed by atoms with Crippen LogP contribution in [0.25, 0.3) is 0 Å². The third-order valence-corrected chi connectivity index (χ3v) is 8.01. The maximum Gasteiger partial charge on any atom is 0.416 e. The number of aliphatic hydroxyl groups is 2. The van der Waals surface area contributed by atoms with Crippen molar-refractivity contribution >= 4 is 35.1 Å². The van der Waals surface area contributed by atoms with Gasteiger partial charge in [-0.3, -0.25) is 9.89 Å². The molecule has 0 saturated heterocycles. The van der Waals surface area contributed by atoms with Gasteiger partial charge in [0.25, 0.3) is 0 Å². The molecule has 12 heteroatoms. The first-order chi connectivity index (χ1) is 19.8. The molecule has 1 aliphatic rings. The molecule has 0 bridgehead atoms. The Labute approximate surface area is 251 Å². The Hall–Kier alpha value is -3.31. The molecule has 1 unspecified atom stereocenters. The summed E-state index contributed by atoms with van der Waals surface area (Å²) in [5, 5.41) is 22.9. The number of benzene rings is 3. The van der Waals surface area contributed by atoms with Gasteiger partial charge in [0.1, 0.15) is 22.7 Å². The van der Waals surface area contributed by atoms with Gasteiger partial charge in [-0.25, -0.2) is 4.79 Å². The summed E-state index contributed by atoms with van der Waals surface area (Å²) < 4.78 is 46.6. The van der Waals surface area contributed by atoms with Crippen LogP contribution >= 0.6 is 23.2 Å². The Morgan fingerprint density at radius 1 is 1.02 bits per heavy atom. The number of urea groups is 1. The first-order valence-electron chi connectivity index (χ1n) is 13.1. The Morgan fingerprint density at radius 3 is 2.12 bits per heavy atom. The summed E-state index contributed by atoms with van der Waals surface area (Å²) in [6.07, 6.45) is -5.87. The van der Waals surface area contributed by atoms with E-state index in [1.807, 2.05) is 6.92 Å². The van der Waals surface area contributed by atoms with E-state index in [1.54, 1.807) is 62.4 Å². The summed E-state index contributed by atoms with van der Waals surface area (Å²) in [7, 11) is 0. The van der Waals surface area contributed by atoms with E-state index >= 15 is 0 Å². The molecule has 0 radical (unpaired) electrons. The number of ether oxygens (including phenoxy) is 1. The number of amides is 2. The number of nitrogens with one attached hydrogen (secondary N) is 1. The molecule has 7 nitrogen and oxygen atoms in total. The highest BCUT2D eigenvalue weighted by Crippen LogP contribution is 2.53. The quantitative estimate of drug-likeness (QED) is 0.272. The van der Waals surface area contributed by atoms with Crippen molar-refractivity contribution in [3.05, 3.63) is 99.0 Å². The lowest BCUT2D eigenvalue weighted by atomic mass is 9.71. The monoisotopic (exact) mass is 623 g/mol. The standard InChI is InChI=1S/C30H30Cl2F3N3O4/c1-4-42-25-15-20(30(33,34)35)9-14-24(25)26-37-28(2,18-5-10-21(31)11-6-18)29(3,19-7-12-22(32)13-8-19)38(26)27(41)36-16-23(40)17-39/h5-15,23,39-40H,4,16-17H2,1-3H3,(H,36,41)/t23?,28-,29-/m0/s1. The van der Waals surface area contributed by atoms with Crippen LogP contribution in [0.15, 0.2) is 71.7 Å². The SMILES string of the molecule is CCOc1cc(C(F)(F)F)ccc1C1=N[C@@](C)(c2ccc(Cl)cc2)[C@](C)(c2ccc(Cl)cc2)N1C(=O)NCC(O)CO. The molecule has 3 aromatic rings. The highest BCUT2D eigenvalue weighted by Gasteiger charge is 2.59. The minimum atomic E-state index is -4.63. The number of nitrogens with zero attached hydrogens (tertiary/aromatic N) is 2. The third-order valence-electron chi connectivity index (χ3n) is 7.50. The molecular weight excluding hydrogens is 594 g/mol. The summed E-state index contributed by atoms with van der Waals surface area (Å²) in [5.41, 5.74) is -2.01. The fourth-order valence-corrected chi connectivity index (χ4v) is 5.34. The summed E-state index contributed by atoms with van der Waals surface area (Å²) in [6, 6.07) is 16.0. The fraction of sp³-hybridized carbons (Fsp3) is 0.333. The predicted molar refractivity (Wildman–Crippen MR) is 155 cm³/mol. The van der Waals surface area contributed by atoms with Crippen LogP contribution in [-0.4, -0.2) is 52.8 Å². The van der Waals surface area contributed by atoms with Crippen LogP contribution in [-0.2, 0) is 17.3 Å². The molecule has 1 aliphatic heterocycles. The van der Waals surface area contributed by atoms with Crippen LogP contribution in [0.3, 0.4) is 0 Å². The minimum Gasteiger partial charge on any atom is -0.493 e. The van der Waals surface area contributed by atoms with E-state index in [-0.39, 0.29) is 30.3 Å². The summed E-state index contributed by atoms with van der Waals surface area (Å²) in [4.78, 5) is 20.5. The van der Waals surface area contributed by atoms with Crippen molar-refractivity contribution in [1.82, 2.24) is 10.2 Å². The Morgan fingerprint density at radius 2 is 1.60 bits per heavy atom. The van der Waals surface area contributed by atoms with Crippen LogP contribution in [0, 0.1) is 0 Å². The van der Waals surface area contributed by atoms with E-state index in [0.29, 0.717) is 21.2 Å². The van der Waals surface area contributed by atoms with Crippen molar-refractivity contribution in [3.63, 3.8) is 0 Å². The van der Waals surface area contributed by atoms with E-state index in [2.05, 4.69) is 5.32 Å². The number of aliphatic imine (C=N–C) groups is 1. The average Bonchev–Trinajstić information content (AvgIpc) is 3.20. The number of aliphatic hydroxyl groups excluding tert-OH is 2. The van der Waals surface area contributed by atoms with E-state index in [9.17, 15) is 28.2 Å². The molecule has 3 N–H and O–H groups in total. The molecule has 0 aliphatic carbocycles. The first-order valence-corrected chi connectivity index (χ1v) is 13.8. The van der Waals surface area contributed by atoms with Crippen LogP contribution in [0.5, 0.6) is 5.75 Å². The molecule has 3 atom stereocenters. The van der Waals surface area contributed by atoms with E-state index in [4.69, 9.17) is 32.9 Å². The average molecular weight is 624 g/mol. The summed E-state index contributed by atoms with van der Waals surface area (Å²) in [6.45, 7) is 4.40. The Kier molecular flexibility index (Phi) is 9.13. The lowest BCUT2D eigenvalue weighted by Gasteiger charge is -2.45. The molecule has 224 valence electrons. The second-order valence-corrected chi connectivity index (χ2v) is 11.0. The number of hydrogen-bond acceptors (Lipinski definition) is 5. The van der Waals surface area contributed by atoms with Gasteiger partial charge in [-0.1, -0.05) is 47.5 Å². The van der Waals surface area contributed by atoms with Gasteiger partial charge in [0.2, 0.25) is 0 Å². The minimum absolute atomic E-state index is 0.0399. The molecule has 4 rings (SSSR count). The molecular formula is C30H30Cl2F3N3O4. The number of amidine groups is 1. The lowest BCUT2D eigenvalue weighted by Crippen LogP contribution is -2.58. The fourth-order valence-electron chi connectivity index (χ4n) is 5.09. The molecule has 0 saturated carbocycles. The van der Waals surface area contributed by atoms with Gasteiger partial charge in [-0.15, -0.1) is 0 Å². The van der Waals surface area contributed by atoms with Crippen LogP contribution in [0.4, 0.5) is 18.0 Å². The van der Waals surface area contributed by atoms with Gasteiger partial charge in [0.15, 0.2) is 0 Å². The second-order valence-electron chi connectivity index (χ2n) is 10.1. The second kappa shape index (κ2) is 12.1. The first kappa shape index (κ1) is 31.6. The smallest absolute Gasteiger partial charge is 0.416 e. The Bertz CT molecular complexity index is 1470. The van der Waals surface area contributed by atoms with Crippen molar-refractivity contribution in [2.45, 2.75) is 44.1 Å². The number of alkyl halides is 3. The molecule has 0 spiro atoms. The number of hydrogen-bond donors (Lipinski definition) is 3. The predicted octanol–water partition coefficient (Wildman–Crippen LogP) is 6.37. The number of carbonyl (C=O) groups excluding carboxylic acids is 1. The maximum atomic E-state index is 14.0. The zero-order valence-electron chi connectivity index (χ0n) is 23.0. The lowest BCUT2D eigenvalue weighted by molar-refractivity contribution is -0.137. The molecule has 0 fully saturated rings. The zero-order chi connectivity index (χ0) is 30.9. The van der Waals surface area contributed by atoms with Gasteiger partial charge in [0.05, 0.1) is 30.4 Å². The largest absolute Gasteiger partial charge is 0.493 e. The van der Waals surface area contributed by atoms with Crippen LogP contribution in [0.2, 0.25) is 10.0 Å². The number of rotatable bonds is 8. The van der Waals surface area contributed by atoms with Crippen molar-refractivity contribution in [1.29, 1.82) is 0 Å². The summed E-state index contributed by atoms with van der Waals surface area (Å²) in [5.74, 6) is -0.0730. The van der Waals surface area contributed by atoms with Gasteiger partial charge < -0.3 is 20.3 Å². The van der Waals surface area contributed by atoms with Gasteiger partial charge >= 0.3 is 12.2 Å². The van der Waals surface area contributed by atoms with Crippen LogP contribution in [0.1, 0.15) is 43.0 Å². The van der Waals surface area contributed by atoms with Crippen molar-refractivity contribution in [2.24, 2.45) is 4.99 Å². The van der Waals surface area contributed by atoms with Crippen molar-refractivity contribution in [3.8, 4) is 5.75 Å². The highest BCUT2D eigenvalue weighted by molar-refractivity contribution is 6.30. The number of carbonyl (C=O) groups is 1. The molecule has 3 aromatic carbocycles. The van der Waals surface area contributed by atoms with E-state index in [0.717, 1.165) is 12.1 Å². The molecule has 0 aromatic heterocycles. The maximum absolute atomic E-state index is 14.0. The van der Waals surface area contributed by atoms with E-state index in [1.165, 1.54) is 11.0 Å². The molecule has 2 amide bonds. The van der Waals surface area contributed by atoms with Gasteiger partial charge in [-0.05, 0) is 74.4 Å². The third kappa shape index (κ3) is 5.81. The number of halogens is 5. The Balaban J connectivity index is 2.03. The molecule has 1 heterocycles. The van der Waals surface area contributed by atoms with Crippen molar-refractivity contribution in [2.75, 3.05) is 19.8 Å². The van der Waals surface area contributed by atoms with Crippen molar-refractivity contribution < 1.29 is 32.9 Å². The molecule has 42 heavy (non-hydrogen) atoms. The zero-order valence-corrected chi connectivity index (χ0v) is 24.6. The highest BCUT2D eigenvalue weighted by atomic mass is 35.5. The topological polar surface area (TPSA) is 94.4 Å².